The molecule has 1 aliphatic carbocycles. The summed E-state index contributed by atoms with van der Waals surface area (Å²) in [6.07, 6.45) is 5.96. The molecule has 5 heteroatoms. The molecular formula is C20H29N3O2. The molecule has 1 saturated heterocycles. The molecule has 3 atom stereocenters. The van der Waals surface area contributed by atoms with Crippen molar-refractivity contribution in [2.75, 3.05) is 19.6 Å². The predicted octanol–water partition coefficient (Wildman–Crippen LogP) is 2.17. The number of amides is 2. The Kier molecular flexibility index (Phi) is 6.08. The first-order chi connectivity index (χ1) is 12.1. The fourth-order valence-corrected chi connectivity index (χ4v) is 4.07. The highest BCUT2D eigenvalue weighted by Gasteiger charge is 2.31. The number of likely N-dealkylation sites (tertiary alicyclic amines) is 1. The minimum absolute atomic E-state index is 0.0395. The molecule has 2 aliphatic rings. The topological polar surface area (TPSA) is 75.4 Å². The number of hydrogen-bond donors (Lipinski definition) is 2. The fraction of sp³-hybridized carbons (Fsp3) is 0.600. The number of nitrogens with one attached hydrogen (secondary N) is 1. The molecule has 2 amide bonds. The van der Waals surface area contributed by atoms with Gasteiger partial charge in [0.15, 0.2) is 0 Å². The molecule has 0 bridgehead atoms. The van der Waals surface area contributed by atoms with Gasteiger partial charge >= 0.3 is 0 Å². The number of piperidine rings is 1. The van der Waals surface area contributed by atoms with E-state index in [1.807, 2.05) is 35.2 Å². The van der Waals surface area contributed by atoms with Gasteiger partial charge in [0, 0.05) is 37.2 Å². The molecule has 1 aromatic rings. The van der Waals surface area contributed by atoms with Crippen LogP contribution in [0.2, 0.25) is 0 Å². The van der Waals surface area contributed by atoms with Gasteiger partial charge in [-0.25, -0.2) is 0 Å². The second-order valence-electron chi connectivity index (χ2n) is 7.49. The Hall–Kier alpha value is -1.88. The fourth-order valence-electron chi connectivity index (χ4n) is 4.07. The summed E-state index contributed by atoms with van der Waals surface area (Å²) < 4.78 is 0. The average Bonchev–Trinajstić information content (AvgIpc) is 2.66. The van der Waals surface area contributed by atoms with Crippen LogP contribution in [0, 0.1) is 11.8 Å². The highest BCUT2D eigenvalue weighted by atomic mass is 16.2. The summed E-state index contributed by atoms with van der Waals surface area (Å²) in [4.78, 5) is 27.0. The predicted molar refractivity (Wildman–Crippen MR) is 98.0 cm³/mol. The molecule has 0 spiro atoms. The molecule has 0 aromatic heterocycles. The summed E-state index contributed by atoms with van der Waals surface area (Å²) in [7, 11) is 0. The maximum atomic E-state index is 12.8. The van der Waals surface area contributed by atoms with E-state index in [9.17, 15) is 9.59 Å². The zero-order valence-corrected chi connectivity index (χ0v) is 14.8. The number of benzene rings is 1. The molecule has 3 N–H and O–H groups in total. The van der Waals surface area contributed by atoms with Gasteiger partial charge in [-0.2, -0.15) is 0 Å². The highest BCUT2D eigenvalue weighted by Crippen LogP contribution is 2.27. The Bertz CT molecular complexity index is 590. The van der Waals surface area contributed by atoms with E-state index in [0.29, 0.717) is 18.0 Å². The van der Waals surface area contributed by atoms with Crippen LogP contribution < -0.4 is 11.1 Å². The third-order valence-electron chi connectivity index (χ3n) is 5.48. The van der Waals surface area contributed by atoms with Crippen molar-refractivity contribution >= 4 is 11.8 Å². The molecule has 5 nitrogen and oxygen atoms in total. The minimum atomic E-state index is -0.0395. The van der Waals surface area contributed by atoms with Gasteiger partial charge in [-0.1, -0.05) is 24.6 Å². The van der Waals surface area contributed by atoms with Gasteiger partial charge in [0.05, 0.1) is 0 Å². The second-order valence-corrected chi connectivity index (χ2v) is 7.49. The number of nitrogens with zero attached hydrogens (tertiary/aromatic N) is 1. The van der Waals surface area contributed by atoms with E-state index in [1.54, 1.807) is 0 Å². The summed E-state index contributed by atoms with van der Waals surface area (Å²) in [5.41, 5.74) is 6.72. The molecule has 1 saturated carbocycles. The van der Waals surface area contributed by atoms with E-state index in [-0.39, 0.29) is 23.8 Å². The summed E-state index contributed by atoms with van der Waals surface area (Å²) in [6, 6.07) is 9.44. The average molecular weight is 343 g/mol. The maximum absolute atomic E-state index is 12.8. The molecule has 3 unspecified atom stereocenters. The van der Waals surface area contributed by atoms with E-state index in [4.69, 9.17) is 5.73 Å². The van der Waals surface area contributed by atoms with E-state index >= 15 is 0 Å². The lowest BCUT2D eigenvalue weighted by molar-refractivity contribution is -0.138. The number of nitrogens with two attached hydrogens (primary N) is 1. The lowest BCUT2D eigenvalue weighted by Gasteiger charge is -2.36. The molecule has 1 heterocycles. The Morgan fingerprint density at radius 1 is 1.12 bits per heavy atom. The molecule has 1 aromatic carbocycles. The van der Waals surface area contributed by atoms with E-state index in [0.717, 1.165) is 51.6 Å². The van der Waals surface area contributed by atoms with Crippen molar-refractivity contribution in [2.24, 2.45) is 17.6 Å². The van der Waals surface area contributed by atoms with Gasteiger partial charge in [-0.15, -0.1) is 0 Å². The molecule has 136 valence electrons. The van der Waals surface area contributed by atoms with Crippen molar-refractivity contribution in [1.82, 2.24) is 10.2 Å². The lowest BCUT2D eigenvalue weighted by atomic mass is 9.84. The monoisotopic (exact) mass is 343 g/mol. The quantitative estimate of drug-likeness (QED) is 0.880. The van der Waals surface area contributed by atoms with Crippen LogP contribution in [0.15, 0.2) is 30.3 Å². The van der Waals surface area contributed by atoms with Gasteiger partial charge in [0.2, 0.25) is 5.91 Å². The molecule has 1 aliphatic heterocycles. The zero-order chi connectivity index (χ0) is 17.6. The van der Waals surface area contributed by atoms with Gasteiger partial charge in [-0.05, 0) is 50.2 Å². The van der Waals surface area contributed by atoms with E-state index in [1.165, 1.54) is 0 Å². The number of rotatable bonds is 4. The smallest absolute Gasteiger partial charge is 0.251 e. The van der Waals surface area contributed by atoms with Crippen LogP contribution >= 0.6 is 0 Å². The van der Waals surface area contributed by atoms with Crippen molar-refractivity contribution in [2.45, 2.75) is 44.6 Å². The molecular weight excluding hydrogens is 314 g/mol. The maximum Gasteiger partial charge on any atom is 0.251 e. The first kappa shape index (κ1) is 17.9. The first-order valence-electron chi connectivity index (χ1n) is 9.51. The summed E-state index contributed by atoms with van der Waals surface area (Å²) in [5.74, 6) is 0.667. The third kappa shape index (κ3) is 4.82. The first-order valence-corrected chi connectivity index (χ1v) is 9.51. The lowest BCUT2D eigenvalue weighted by Crippen LogP contribution is -2.47. The van der Waals surface area contributed by atoms with E-state index in [2.05, 4.69) is 5.32 Å². The largest absolute Gasteiger partial charge is 0.352 e. The number of carbonyl (C=O) groups is 2. The van der Waals surface area contributed by atoms with Crippen LogP contribution in [0.5, 0.6) is 0 Å². The van der Waals surface area contributed by atoms with Crippen molar-refractivity contribution < 1.29 is 9.59 Å². The highest BCUT2D eigenvalue weighted by molar-refractivity contribution is 5.94. The van der Waals surface area contributed by atoms with Crippen molar-refractivity contribution in [3.05, 3.63) is 35.9 Å². The Labute approximate surface area is 150 Å². The SMILES string of the molecule is NC1CCCC(C(=O)N2CCCC(CNC(=O)c3ccccc3)C2)C1. The summed E-state index contributed by atoms with van der Waals surface area (Å²) in [5, 5.41) is 3.02. The summed E-state index contributed by atoms with van der Waals surface area (Å²) in [6.45, 7) is 2.22. The number of hydrogen-bond acceptors (Lipinski definition) is 3. The molecule has 3 rings (SSSR count). The van der Waals surface area contributed by atoms with Gasteiger partial charge in [0.25, 0.3) is 5.91 Å². The van der Waals surface area contributed by atoms with Gasteiger partial charge < -0.3 is 16.0 Å². The third-order valence-corrected chi connectivity index (χ3v) is 5.48. The minimum Gasteiger partial charge on any atom is -0.352 e. The number of carbonyl (C=O) groups excluding carboxylic acids is 2. The molecule has 2 fully saturated rings. The Morgan fingerprint density at radius 3 is 2.68 bits per heavy atom. The van der Waals surface area contributed by atoms with Crippen LogP contribution in [-0.2, 0) is 4.79 Å². The van der Waals surface area contributed by atoms with Crippen LogP contribution in [-0.4, -0.2) is 42.4 Å². The second kappa shape index (κ2) is 8.48. The Balaban J connectivity index is 1.49. The van der Waals surface area contributed by atoms with Crippen LogP contribution in [0.1, 0.15) is 48.9 Å². The van der Waals surface area contributed by atoms with Crippen LogP contribution in [0.25, 0.3) is 0 Å². The van der Waals surface area contributed by atoms with Crippen molar-refractivity contribution in [3.8, 4) is 0 Å². The van der Waals surface area contributed by atoms with Crippen molar-refractivity contribution in [3.63, 3.8) is 0 Å². The van der Waals surface area contributed by atoms with Crippen molar-refractivity contribution in [1.29, 1.82) is 0 Å². The van der Waals surface area contributed by atoms with Gasteiger partial charge in [0.1, 0.15) is 0 Å². The van der Waals surface area contributed by atoms with Crippen LogP contribution in [0.4, 0.5) is 0 Å². The zero-order valence-electron chi connectivity index (χ0n) is 14.8. The Morgan fingerprint density at radius 2 is 1.92 bits per heavy atom. The standard InChI is InChI=1S/C20H29N3O2/c21-18-10-4-9-17(12-18)20(25)23-11-5-6-15(14-23)13-22-19(24)16-7-2-1-3-8-16/h1-3,7-8,15,17-18H,4-6,9-14,21H2,(H,22,24). The molecule has 0 radical (unpaired) electrons. The van der Waals surface area contributed by atoms with Crippen LogP contribution in [0.3, 0.4) is 0 Å². The van der Waals surface area contributed by atoms with E-state index < -0.39 is 0 Å². The van der Waals surface area contributed by atoms with Gasteiger partial charge in [-0.3, -0.25) is 9.59 Å². The normalized spacial score (nSPS) is 26.9. The summed E-state index contributed by atoms with van der Waals surface area (Å²) >= 11 is 0. The molecule has 25 heavy (non-hydrogen) atoms.